The van der Waals surface area contributed by atoms with Crippen LogP contribution in [0.3, 0.4) is 0 Å². The van der Waals surface area contributed by atoms with E-state index in [4.69, 9.17) is 0 Å². The number of aryl methyl sites for hydroxylation is 4. The molecule has 0 fully saturated rings. The third kappa shape index (κ3) is 8.38. The number of carbonyl (C=O) groups is 4. The Morgan fingerprint density at radius 1 is 1.23 bits per heavy atom. The van der Waals surface area contributed by atoms with Crippen molar-refractivity contribution in [2.24, 2.45) is 0 Å². The molecule has 1 aromatic heterocycles. The zero-order valence-corrected chi connectivity index (χ0v) is 23.2. The second kappa shape index (κ2) is 13.9. The second-order valence-electron chi connectivity index (χ2n) is 10.1. The van der Waals surface area contributed by atoms with Crippen LogP contribution in [-0.2, 0) is 33.8 Å². The highest BCUT2D eigenvalue weighted by Crippen LogP contribution is 2.14. The summed E-state index contributed by atoms with van der Waals surface area (Å²) in [5.41, 5.74) is 2.35. The summed E-state index contributed by atoms with van der Waals surface area (Å²) in [5.74, 6) is -0.688. The summed E-state index contributed by atoms with van der Waals surface area (Å²) in [5, 5.41) is 18.6. The first kappa shape index (κ1) is 29.8. The molecule has 0 aliphatic carbocycles. The molecule has 1 aliphatic heterocycles. The number of fused-ring (bicyclic) bond motifs is 2. The highest BCUT2D eigenvalue weighted by Gasteiger charge is 2.28. The first-order chi connectivity index (χ1) is 18.6. The van der Waals surface area contributed by atoms with E-state index in [1.807, 2.05) is 30.7 Å². The molecule has 2 heterocycles. The van der Waals surface area contributed by atoms with Crippen molar-refractivity contribution in [1.29, 1.82) is 0 Å². The highest BCUT2D eigenvalue weighted by molar-refractivity contribution is 5.98. The molecule has 1 aliphatic rings. The SMILES string of the molecule is CCc1nccn1CCC(=O)N1CC(=O)NCCCc2cc(ccc2C)C(=O)N[C@@H]([C@@H](C)O)C(=O)N[C@H](C)C1. The number of imidazole rings is 1. The van der Waals surface area contributed by atoms with Crippen molar-refractivity contribution in [2.45, 2.75) is 78.1 Å². The van der Waals surface area contributed by atoms with Gasteiger partial charge in [0, 0.05) is 56.5 Å². The van der Waals surface area contributed by atoms with E-state index >= 15 is 0 Å². The summed E-state index contributed by atoms with van der Waals surface area (Å²) in [6.45, 7) is 7.86. The molecule has 0 spiro atoms. The fraction of sp³-hybridized carbons (Fsp3) is 0.536. The van der Waals surface area contributed by atoms with Gasteiger partial charge in [-0.3, -0.25) is 19.2 Å². The fourth-order valence-corrected chi connectivity index (χ4v) is 4.64. The minimum atomic E-state index is -1.19. The molecule has 0 radical (unpaired) electrons. The number of nitrogens with one attached hydrogen (secondary N) is 3. The van der Waals surface area contributed by atoms with Crippen LogP contribution in [0.1, 0.15) is 60.9 Å². The van der Waals surface area contributed by atoms with Crippen LogP contribution in [0.5, 0.6) is 0 Å². The molecule has 0 saturated carbocycles. The molecule has 4 N–H and O–H groups in total. The molecule has 4 amide bonds. The molecule has 11 nitrogen and oxygen atoms in total. The fourth-order valence-electron chi connectivity index (χ4n) is 4.64. The Hall–Kier alpha value is -3.73. The van der Waals surface area contributed by atoms with Gasteiger partial charge in [-0.1, -0.05) is 13.0 Å². The number of nitrogens with zero attached hydrogens (tertiary/aromatic N) is 3. The number of rotatable bonds is 5. The van der Waals surface area contributed by atoms with Crippen LogP contribution in [-0.4, -0.2) is 81.0 Å². The van der Waals surface area contributed by atoms with E-state index in [0.29, 0.717) is 31.5 Å². The summed E-state index contributed by atoms with van der Waals surface area (Å²) >= 11 is 0. The smallest absolute Gasteiger partial charge is 0.252 e. The van der Waals surface area contributed by atoms with E-state index in [2.05, 4.69) is 20.9 Å². The van der Waals surface area contributed by atoms with E-state index in [1.54, 1.807) is 25.3 Å². The number of benzene rings is 1. The molecule has 2 bridgehead atoms. The number of aliphatic hydroxyl groups excluding tert-OH is 1. The normalized spacial score (nSPS) is 20.4. The van der Waals surface area contributed by atoms with Gasteiger partial charge in [-0.2, -0.15) is 0 Å². The maximum absolute atomic E-state index is 13.2. The summed E-state index contributed by atoms with van der Waals surface area (Å²) in [7, 11) is 0. The maximum Gasteiger partial charge on any atom is 0.252 e. The molecule has 0 saturated heterocycles. The van der Waals surface area contributed by atoms with Gasteiger partial charge in [0.15, 0.2) is 0 Å². The lowest BCUT2D eigenvalue weighted by atomic mass is 10.00. The lowest BCUT2D eigenvalue weighted by Crippen LogP contribution is -2.56. The minimum absolute atomic E-state index is 0.0863. The summed E-state index contributed by atoms with van der Waals surface area (Å²) in [6, 6.07) is 3.55. The molecule has 11 heteroatoms. The standard InChI is InChI=1S/C28H40N6O5/c1-5-23-29-12-14-33(23)13-10-25(37)34-16-19(3)31-28(39)26(20(4)35)32-27(38)22-9-8-18(2)21(15-22)7-6-11-30-24(36)17-34/h8-9,12,14-15,19-20,26,35H,5-7,10-11,13,16-17H2,1-4H3,(H,30,36)(H,31,39)(H,32,38)/t19-,20-,26+/m1/s1. The summed E-state index contributed by atoms with van der Waals surface area (Å²) in [6.07, 6.45) is 4.55. The average molecular weight is 541 g/mol. The number of hydrogen-bond donors (Lipinski definition) is 4. The van der Waals surface area contributed by atoms with E-state index < -0.39 is 30.0 Å². The van der Waals surface area contributed by atoms with E-state index in [-0.39, 0.29) is 31.3 Å². The van der Waals surface area contributed by atoms with Crippen LogP contribution < -0.4 is 16.0 Å². The van der Waals surface area contributed by atoms with Crippen LogP contribution in [0.2, 0.25) is 0 Å². The quantitative estimate of drug-likeness (QED) is 0.440. The monoisotopic (exact) mass is 540 g/mol. The van der Waals surface area contributed by atoms with Crippen LogP contribution in [0.25, 0.3) is 0 Å². The van der Waals surface area contributed by atoms with E-state index in [9.17, 15) is 24.3 Å². The van der Waals surface area contributed by atoms with Gasteiger partial charge < -0.3 is 30.5 Å². The van der Waals surface area contributed by atoms with Crippen LogP contribution >= 0.6 is 0 Å². The lowest BCUT2D eigenvalue weighted by molar-refractivity contribution is -0.137. The largest absolute Gasteiger partial charge is 0.391 e. The minimum Gasteiger partial charge on any atom is -0.391 e. The number of aliphatic hydroxyl groups is 1. The van der Waals surface area contributed by atoms with Crippen LogP contribution in [0, 0.1) is 6.92 Å². The van der Waals surface area contributed by atoms with Gasteiger partial charge in [-0.05, 0) is 56.9 Å². The first-order valence-electron chi connectivity index (χ1n) is 13.5. The Labute approximate surface area is 229 Å². The highest BCUT2D eigenvalue weighted by atomic mass is 16.3. The van der Waals surface area contributed by atoms with Gasteiger partial charge in [0.2, 0.25) is 17.7 Å². The van der Waals surface area contributed by atoms with Crippen molar-refractivity contribution in [1.82, 2.24) is 30.4 Å². The third-order valence-electron chi connectivity index (χ3n) is 6.86. The molecule has 212 valence electrons. The van der Waals surface area contributed by atoms with E-state index in [1.165, 1.54) is 11.8 Å². The lowest BCUT2D eigenvalue weighted by Gasteiger charge is -2.28. The van der Waals surface area contributed by atoms with Crippen molar-refractivity contribution in [3.8, 4) is 0 Å². The molecule has 0 unspecified atom stereocenters. The Morgan fingerprint density at radius 3 is 2.72 bits per heavy atom. The molecule has 1 aromatic carbocycles. The zero-order valence-electron chi connectivity index (χ0n) is 23.2. The van der Waals surface area contributed by atoms with Crippen molar-refractivity contribution < 1.29 is 24.3 Å². The van der Waals surface area contributed by atoms with Gasteiger partial charge in [0.05, 0.1) is 12.6 Å². The van der Waals surface area contributed by atoms with Crippen molar-refractivity contribution in [3.63, 3.8) is 0 Å². The number of aromatic nitrogens is 2. The van der Waals surface area contributed by atoms with Gasteiger partial charge in [0.25, 0.3) is 5.91 Å². The Kier molecular flexibility index (Phi) is 10.6. The van der Waals surface area contributed by atoms with Gasteiger partial charge in [-0.25, -0.2) is 4.98 Å². The topological polar surface area (TPSA) is 146 Å². The molecule has 3 atom stereocenters. The maximum atomic E-state index is 13.2. The van der Waals surface area contributed by atoms with Crippen molar-refractivity contribution >= 4 is 23.6 Å². The Morgan fingerprint density at radius 2 is 2.00 bits per heavy atom. The number of hydrogen-bond acceptors (Lipinski definition) is 6. The van der Waals surface area contributed by atoms with E-state index in [0.717, 1.165) is 23.4 Å². The molecular weight excluding hydrogens is 500 g/mol. The van der Waals surface area contributed by atoms with Gasteiger partial charge >= 0.3 is 0 Å². The number of carbonyl (C=O) groups excluding carboxylic acids is 4. The number of amides is 4. The first-order valence-corrected chi connectivity index (χ1v) is 13.5. The molecule has 2 aromatic rings. The van der Waals surface area contributed by atoms with Crippen LogP contribution in [0.15, 0.2) is 30.6 Å². The Bertz CT molecular complexity index is 1180. The predicted molar refractivity (Wildman–Crippen MR) is 146 cm³/mol. The summed E-state index contributed by atoms with van der Waals surface area (Å²) < 4.78 is 1.91. The van der Waals surface area contributed by atoms with Crippen LogP contribution in [0.4, 0.5) is 0 Å². The van der Waals surface area contributed by atoms with Crippen molar-refractivity contribution in [3.05, 3.63) is 53.1 Å². The Balaban J connectivity index is 1.80. The summed E-state index contributed by atoms with van der Waals surface area (Å²) in [4.78, 5) is 57.7. The average Bonchev–Trinajstić information content (AvgIpc) is 3.35. The van der Waals surface area contributed by atoms with Crippen molar-refractivity contribution in [2.75, 3.05) is 19.6 Å². The molecular formula is C28H40N6O5. The molecule has 39 heavy (non-hydrogen) atoms. The van der Waals surface area contributed by atoms with Gasteiger partial charge in [-0.15, -0.1) is 0 Å². The molecule has 3 rings (SSSR count). The second-order valence-corrected chi connectivity index (χ2v) is 10.1. The zero-order chi connectivity index (χ0) is 28.5. The third-order valence-corrected chi connectivity index (χ3v) is 6.86. The van der Waals surface area contributed by atoms with Gasteiger partial charge in [0.1, 0.15) is 11.9 Å². The predicted octanol–water partition coefficient (Wildman–Crippen LogP) is 0.719.